The molecule has 0 unspecified atom stereocenters. The second-order valence-corrected chi connectivity index (χ2v) is 9.58. The van der Waals surface area contributed by atoms with E-state index in [0.717, 1.165) is 11.3 Å². The first-order valence-electron chi connectivity index (χ1n) is 5.31. The van der Waals surface area contributed by atoms with Crippen molar-refractivity contribution in [2.45, 2.75) is 23.7 Å². The number of thiophene rings is 1. The molecule has 1 aromatic rings. The fourth-order valence-electron chi connectivity index (χ4n) is 1.76. The van der Waals surface area contributed by atoms with Crippen LogP contribution in [-0.4, -0.2) is 38.0 Å². The van der Waals surface area contributed by atoms with Gasteiger partial charge < -0.3 is 4.74 Å². The minimum absolute atomic E-state index is 0.261. The maximum Gasteiger partial charge on any atom is 0.252 e. The van der Waals surface area contributed by atoms with Gasteiger partial charge in [-0.2, -0.15) is 4.31 Å². The summed E-state index contributed by atoms with van der Waals surface area (Å²) in [5.41, 5.74) is -0.455. The van der Waals surface area contributed by atoms with Crippen LogP contribution in [0.2, 0.25) is 5.02 Å². The molecule has 0 saturated carbocycles. The maximum absolute atomic E-state index is 12.4. The molecular formula is C10H13BrClNO3S2. The quantitative estimate of drug-likeness (QED) is 0.799. The van der Waals surface area contributed by atoms with E-state index >= 15 is 0 Å². The number of morpholine rings is 1. The number of ether oxygens (including phenoxy) is 1. The summed E-state index contributed by atoms with van der Waals surface area (Å²) in [6, 6.07) is 1.48. The van der Waals surface area contributed by atoms with Gasteiger partial charge in [0.05, 0.1) is 21.0 Å². The molecule has 1 saturated heterocycles. The predicted octanol–water partition coefficient (Wildman–Crippen LogP) is 2.96. The molecule has 0 aliphatic carbocycles. The molecule has 0 spiro atoms. The summed E-state index contributed by atoms with van der Waals surface area (Å²) in [6.07, 6.45) is 0. The standard InChI is InChI=1S/C10H13BrClNO3S2/c1-10(2)6-13(3-4-16-10)18(14,15)8-5-7(12)9(11)17-8/h5H,3-4,6H2,1-2H3. The Morgan fingerprint density at radius 1 is 1.56 bits per heavy atom. The zero-order chi connectivity index (χ0) is 13.6. The molecule has 102 valence electrons. The summed E-state index contributed by atoms with van der Waals surface area (Å²) in [4.78, 5) is 0. The van der Waals surface area contributed by atoms with Crippen molar-refractivity contribution in [3.8, 4) is 0 Å². The van der Waals surface area contributed by atoms with Crippen LogP contribution >= 0.6 is 38.9 Å². The fourth-order valence-corrected chi connectivity index (χ4v) is 5.89. The van der Waals surface area contributed by atoms with Crippen molar-refractivity contribution in [3.63, 3.8) is 0 Å². The van der Waals surface area contributed by atoms with Crippen molar-refractivity contribution in [3.05, 3.63) is 14.9 Å². The molecule has 0 amide bonds. The Bertz CT molecular complexity index is 536. The number of nitrogens with zero attached hydrogens (tertiary/aromatic N) is 1. The molecule has 0 aromatic carbocycles. The molecular weight excluding hydrogens is 362 g/mol. The van der Waals surface area contributed by atoms with Crippen LogP contribution in [0.5, 0.6) is 0 Å². The van der Waals surface area contributed by atoms with Gasteiger partial charge in [0, 0.05) is 13.1 Å². The van der Waals surface area contributed by atoms with Gasteiger partial charge >= 0.3 is 0 Å². The van der Waals surface area contributed by atoms with Gasteiger partial charge in [0.15, 0.2) is 0 Å². The molecule has 4 nitrogen and oxygen atoms in total. The fraction of sp³-hybridized carbons (Fsp3) is 0.600. The highest BCUT2D eigenvalue weighted by molar-refractivity contribution is 9.11. The van der Waals surface area contributed by atoms with Crippen LogP contribution in [0, 0.1) is 0 Å². The lowest BCUT2D eigenvalue weighted by Crippen LogP contribution is -2.50. The summed E-state index contributed by atoms with van der Waals surface area (Å²) in [5, 5.41) is 0.422. The van der Waals surface area contributed by atoms with Crippen LogP contribution in [0.15, 0.2) is 14.1 Å². The van der Waals surface area contributed by atoms with Crippen molar-refractivity contribution in [2.75, 3.05) is 19.7 Å². The average molecular weight is 375 g/mol. The second kappa shape index (κ2) is 5.03. The van der Waals surface area contributed by atoms with Gasteiger partial charge in [-0.15, -0.1) is 11.3 Å². The number of rotatable bonds is 2. The zero-order valence-electron chi connectivity index (χ0n) is 9.94. The highest BCUT2D eigenvalue weighted by atomic mass is 79.9. The van der Waals surface area contributed by atoms with E-state index in [0.29, 0.717) is 28.5 Å². The van der Waals surface area contributed by atoms with E-state index in [2.05, 4.69) is 15.9 Å². The second-order valence-electron chi connectivity index (χ2n) is 4.63. The molecule has 2 heterocycles. The van der Waals surface area contributed by atoms with Crippen LogP contribution in [0.3, 0.4) is 0 Å². The third-order valence-electron chi connectivity index (χ3n) is 2.61. The Morgan fingerprint density at radius 3 is 2.72 bits per heavy atom. The third-order valence-corrected chi connectivity index (χ3v) is 7.38. The van der Waals surface area contributed by atoms with E-state index in [4.69, 9.17) is 16.3 Å². The molecule has 18 heavy (non-hydrogen) atoms. The van der Waals surface area contributed by atoms with Crippen molar-refractivity contribution in [2.24, 2.45) is 0 Å². The Morgan fingerprint density at radius 2 is 2.22 bits per heavy atom. The van der Waals surface area contributed by atoms with Crippen molar-refractivity contribution in [1.29, 1.82) is 0 Å². The first-order chi connectivity index (χ1) is 8.22. The molecule has 1 fully saturated rings. The van der Waals surface area contributed by atoms with E-state index < -0.39 is 15.6 Å². The lowest BCUT2D eigenvalue weighted by atomic mass is 10.1. The summed E-state index contributed by atoms with van der Waals surface area (Å²) in [7, 11) is -3.48. The lowest BCUT2D eigenvalue weighted by Gasteiger charge is -2.36. The van der Waals surface area contributed by atoms with Crippen LogP contribution in [0.4, 0.5) is 0 Å². The minimum Gasteiger partial charge on any atom is -0.373 e. The first kappa shape index (κ1) is 14.7. The van der Waals surface area contributed by atoms with E-state index in [1.54, 1.807) is 0 Å². The molecule has 0 N–H and O–H groups in total. The Labute approximate surface area is 124 Å². The van der Waals surface area contributed by atoms with Crippen LogP contribution in [0.1, 0.15) is 13.8 Å². The van der Waals surface area contributed by atoms with Gasteiger partial charge in [0.1, 0.15) is 4.21 Å². The summed E-state index contributed by atoms with van der Waals surface area (Å²) in [5.74, 6) is 0. The molecule has 1 aliphatic rings. The number of sulfonamides is 1. The Hall–Kier alpha value is 0.340. The summed E-state index contributed by atoms with van der Waals surface area (Å²) >= 11 is 10.2. The molecule has 0 bridgehead atoms. The highest BCUT2D eigenvalue weighted by Gasteiger charge is 2.35. The molecule has 1 aliphatic heterocycles. The van der Waals surface area contributed by atoms with E-state index in [9.17, 15) is 8.42 Å². The largest absolute Gasteiger partial charge is 0.373 e. The van der Waals surface area contributed by atoms with Gasteiger partial charge in [0.2, 0.25) is 0 Å². The van der Waals surface area contributed by atoms with Gasteiger partial charge in [-0.25, -0.2) is 8.42 Å². The van der Waals surface area contributed by atoms with Gasteiger partial charge in [-0.3, -0.25) is 0 Å². The smallest absolute Gasteiger partial charge is 0.252 e. The van der Waals surface area contributed by atoms with Crippen LogP contribution in [0.25, 0.3) is 0 Å². The predicted molar refractivity (Wildman–Crippen MR) is 75.8 cm³/mol. The summed E-state index contributed by atoms with van der Waals surface area (Å²) < 4.78 is 32.7. The monoisotopic (exact) mass is 373 g/mol. The normalized spacial score (nSPS) is 21.1. The Kier molecular flexibility index (Phi) is 4.12. The van der Waals surface area contributed by atoms with E-state index in [1.165, 1.54) is 10.4 Å². The highest BCUT2D eigenvalue weighted by Crippen LogP contribution is 2.36. The molecule has 8 heteroatoms. The third kappa shape index (κ3) is 2.91. The van der Waals surface area contributed by atoms with Crippen molar-refractivity contribution >= 4 is 48.9 Å². The van der Waals surface area contributed by atoms with Crippen molar-refractivity contribution in [1.82, 2.24) is 4.31 Å². The van der Waals surface area contributed by atoms with Crippen LogP contribution < -0.4 is 0 Å². The number of hydrogen-bond acceptors (Lipinski definition) is 4. The SMILES string of the molecule is CC1(C)CN(S(=O)(=O)c2cc(Cl)c(Br)s2)CCO1. The molecule has 0 radical (unpaired) electrons. The van der Waals surface area contributed by atoms with Gasteiger partial charge in [0.25, 0.3) is 10.0 Å². The first-order valence-corrected chi connectivity index (χ1v) is 8.74. The Balaban J connectivity index is 2.31. The molecule has 0 atom stereocenters. The number of halogens is 2. The van der Waals surface area contributed by atoms with Gasteiger partial charge in [-0.1, -0.05) is 11.6 Å². The topological polar surface area (TPSA) is 46.6 Å². The zero-order valence-corrected chi connectivity index (χ0v) is 13.9. The van der Waals surface area contributed by atoms with Crippen molar-refractivity contribution < 1.29 is 13.2 Å². The van der Waals surface area contributed by atoms with Crippen LogP contribution in [-0.2, 0) is 14.8 Å². The number of hydrogen-bond donors (Lipinski definition) is 0. The average Bonchev–Trinajstić information content (AvgIpc) is 2.58. The minimum atomic E-state index is -3.48. The molecule has 2 rings (SSSR count). The lowest BCUT2D eigenvalue weighted by molar-refractivity contribution is -0.0639. The summed E-state index contributed by atoms with van der Waals surface area (Å²) in [6.45, 7) is 4.89. The maximum atomic E-state index is 12.4. The molecule has 1 aromatic heterocycles. The van der Waals surface area contributed by atoms with E-state index in [-0.39, 0.29) is 4.21 Å². The van der Waals surface area contributed by atoms with Gasteiger partial charge in [-0.05, 0) is 35.8 Å². The van der Waals surface area contributed by atoms with E-state index in [1.807, 2.05) is 13.8 Å².